The van der Waals surface area contributed by atoms with E-state index in [1.165, 1.54) is 0 Å². The van der Waals surface area contributed by atoms with Crippen LogP contribution in [0.4, 0.5) is 4.39 Å². The van der Waals surface area contributed by atoms with Crippen LogP contribution in [0.5, 0.6) is 0 Å². The third-order valence-corrected chi connectivity index (χ3v) is 2.18. The number of rotatable bonds is 3. The fourth-order valence-electron chi connectivity index (χ4n) is 1.39. The Morgan fingerprint density at radius 3 is 2.69 bits per heavy atom. The molecule has 0 aliphatic carbocycles. The third-order valence-electron chi connectivity index (χ3n) is 2.18. The van der Waals surface area contributed by atoms with Crippen LogP contribution in [0, 0.1) is 0 Å². The highest BCUT2D eigenvalue weighted by atomic mass is 19.1. The number of halogens is 1. The summed E-state index contributed by atoms with van der Waals surface area (Å²) in [5.41, 5.74) is 1.32. The number of hydrogen-bond donors (Lipinski definition) is 1. The molecule has 0 bridgehead atoms. The van der Waals surface area contributed by atoms with Gasteiger partial charge in [0.1, 0.15) is 5.83 Å². The molecule has 0 amide bonds. The summed E-state index contributed by atoms with van der Waals surface area (Å²) in [6, 6.07) is 8.66. The largest absolute Gasteiger partial charge is 0.392 e. The van der Waals surface area contributed by atoms with E-state index in [0.717, 1.165) is 11.8 Å². The van der Waals surface area contributed by atoms with Crippen molar-refractivity contribution in [2.24, 2.45) is 0 Å². The van der Waals surface area contributed by atoms with Crippen LogP contribution >= 0.6 is 0 Å². The van der Waals surface area contributed by atoms with Gasteiger partial charge in [-0.1, -0.05) is 0 Å². The maximum Gasteiger partial charge on any atom is 0.128 e. The second-order valence-electron chi connectivity index (χ2n) is 3.23. The van der Waals surface area contributed by atoms with Gasteiger partial charge in [-0.3, -0.25) is 0 Å². The fraction of sp³-hybridized carbons (Fsp3) is 0.0833. The van der Waals surface area contributed by atoms with Crippen LogP contribution < -0.4 is 0 Å². The Morgan fingerprint density at radius 2 is 2.12 bits per heavy atom. The summed E-state index contributed by atoms with van der Waals surface area (Å²) in [6.45, 7) is -0.299. The molecule has 2 aromatic rings. The lowest BCUT2D eigenvalue weighted by Gasteiger charge is -2.02. The zero-order valence-electron chi connectivity index (χ0n) is 8.55. The molecule has 0 radical (unpaired) electrons. The lowest BCUT2D eigenvalue weighted by atomic mass is 10.2. The first-order valence-corrected chi connectivity index (χ1v) is 4.88. The zero-order chi connectivity index (χ0) is 11.4. The van der Waals surface area contributed by atoms with Crippen molar-refractivity contribution in [1.82, 2.24) is 9.78 Å². The Hall–Kier alpha value is -1.94. The number of hydrogen-bond acceptors (Lipinski definition) is 2. The van der Waals surface area contributed by atoms with Crippen molar-refractivity contribution in [3.8, 4) is 5.69 Å². The molecule has 0 spiro atoms. The zero-order valence-corrected chi connectivity index (χ0v) is 8.55. The van der Waals surface area contributed by atoms with Crippen molar-refractivity contribution < 1.29 is 9.50 Å². The van der Waals surface area contributed by atoms with Crippen LogP contribution in [0.15, 0.2) is 48.8 Å². The van der Waals surface area contributed by atoms with Crippen molar-refractivity contribution >= 4 is 5.83 Å². The van der Waals surface area contributed by atoms with Gasteiger partial charge in [-0.25, -0.2) is 9.07 Å². The number of aliphatic hydroxyl groups excluding tert-OH is 1. The van der Waals surface area contributed by atoms with Crippen LogP contribution in [0.1, 0.15) is 5.56 Å². The molecule has 4 heteroatoms. The van der Waals surface area contributed by atoms with Gasteiger partial charge in [-0.2, -0.15) is 5.10 Å². The molecule has 1 heterocycles. The first kappa shape index (κ1) is 10.6. The van der Waals surface area contributed by atoms with Crippen LogP contribution in [0.25, 0.3) is 11.5 Å². The highest BCUT2D eigenvalue weighted by molar-refractivity contribution is 5.60. The van der Waals surface area contributed by atoms with Crippen molar-refractivity contribution in [3.05, 3.63) is 54.4 Å². The van der Waals surface area contributed by atoms with Crippen molar-refractivity contribution in [1.29, 1.82) is 0 Å². The molecule has 3 nitrogen and oxygen atoms in total. The molecule has 0 fully saturated rings. The van der Waals surface area contributed by atoms with Crippen molar-refractivity contribution in [2.75, 3.05) is 6.61 Å². The molecular weight excluding hydrogens is 207 g/mol. The van der Waals surface area contributed by atoms with E-state index in [1.807, 2.05) is 12.3 Å². The Labute approximate surface area is 92.5 Å². The lowest BCUT2D eigenvalue weighted by molar-refractivity contribution is 0.342. The molecule has 16 heavy (non-hydrogen) atoms. The van der Waals surface area contributed by atoms with Gasteiger partial charge >= 0.3 is 0 Å². The van der Waals surface area contributed by atoms with Gasteiger partial charge in [-0.15, -0.1) is 0 Å². The standard InChI is InChI=1S/C12H11FN2O/c13-12(6-9-16)10-2-4-11(5-3-10)15-8-1-7-14-15/h1-8,16H,9H2/b12-6+. The average molecular weight is 218 g/mol. The SMILES string of the molecule is OC/C=C(/F)c1ccc(-n2cccn2)cc1. The third kappa shape index (κ3) is 2.17. The van der Waals surface area contributed by atoms with E-state index < -0.39 is 5.83 Å². The van der Waals surface area contributed by atoms with E-state index in [9.17, 15) is 4.39 Å². The lowest BCUT2D eigenvalue weighted by Crippen LogP contribution is -1.93. The second-order valence-corrected chi connectivity index (χ2v) is 3.23. The molecule has 1 aromatic carbocycles. The molecular formula is C12H11FN2O. The van der Waals surface area contributed by atoms with Crippen LogP contribution in [-0.4, -0.2) is 21.5 Å². The van der Waals surface area contributed by atoms with Gasteiger partial charge in [0.25, 0.3) is 0 Å². The van der Waals surface area contributed by atoms with Gasteiger partial charge < -0.3 is 5.11 Å². The van der Waals surface area contributed by atoms with Gasteiger partial charge in [-0.05, 0) is 36.4 Å². The van der Waals surface area contributed by atoms with E-state index >= 15 is 0 Å². The molecule has 1 N–H and O–H groups in total. The van der Waals surface area contributed by atoms with Crippen molar-refractivity contribution in [2.45, 2.75) is 0 Å². The van der Waals surface area contributed by atoms with Gasteiger partial charge in [0, 0.05) is 18.0 Å². The number of nitrogens with zero attached hydrogens (tertiary/aromatic N) is 2. The van der Waals surface area contributed by atoms with E-state index in [4.69, 9.17) is 5.11 Å². The molecule has 0 saturated carbocycles. The van der Waals surface area contributed by atoms with Crippen LogP contribution in [0.2, 0.25) is 0 Å². The summed E-state index contributed by atoms with van der Waals surface area (Å²) >= 11 is 0. The molecule has 82 valence electrons. The van der Waals surface area contributed by atoms with E-state index in [-0.39, 0.29) is 6.61 Å². The van der Waals surface area contributed by atoms with Gasteiger partial charge in [0.2, 0.25) is 0 Å². The molecule has 0 aliphatic rings. The summed E-state index contributed by atoms with van der Waals surface area (Å²) in [7, 11) is 0. The maximum atomic E-state index is 13.3. The van der Waals surface area contributed by atoms with Crippen LogP contribution in [-0.2, 0) is 0 Å². The number of benzene rings is 1. The predicted molar refractivity (Wildman–Crippen MR) is 59.7 cm³/mol. The topological polar surface area (TPSA) is 38.0 Å². The molecule has 2 rings (SSSR count). The second kappa shape index (κ2) is 4.72. The minimum Gasteiger partial charge on any atom is -0.392 e. The van der Waals surface area contributed by atoms with Gasteiger partial charge in [0.15, 0.2) is 0 Å². The molecule has 1 aromatic heterocycles. The Kier molecular flexibility index (Phi) is 3.12. The number of aromatic nitrogens is 2. The predicted octanol–water partition coefficient (Wildman–Crippen LogP) is 2.17. The van der Waals surface area contributed by atoms with Crippen molar-refractivity contribution in [3.63, 3.8) is 0 Å². The average Bonchev–Trinajstić information content (AvgIpc) is 2.83. The number of aliphatic hydroxyl groups is 1. The normalized spacial score (nSPS) is 11.8. The quantitative estimate of drug-likeness (QED) is 0.857. The van der Waals surface area contributed by atoms with Gasteiger partial charge in [0.05, 0.1) is 12.3 Å². The van der Waals surface area contributed by atoms with E-state index in [0.29, 0.717) is 5.56 Å². The summed E-state index contributed by atoms with van der Waals surface area (Å²) in [6.07, 6.45) is 4.62. The first-order valence-electron chi connectivity index (χ1n) is 4.88. The first-order chi connectivity index (χ1) is 7.81. The molecule has 0 atom stereocenters. The smallest absolute Gasteiger partial charge is 0.128 e. The molecule has 0 aliphatic heterocycles. The van der Waals surface area contributed by atoms with E-state index in [1.54, 1.807) is 35.1 Å². The highest BCUT2D eigenvalue weighted by Gasteiger charge is 2.00. The minimum absolute atomic E-state index is 0.299. The fourth-order valence-corrected chi connectivity index (χ4v) is 1.39. The monoisotopic (exact) mass is 218 g/mol. The summed E-state index contributed by atoms with van der Waals surface area (Å²) < 4.78 is 15.0. The molecule has 0 unspecified atom stereocenters. The summed E-state index contributed by atoms with van der Waals surface area (Å²) in [5.74, 6) is -0.422. The maximum absolute atomic E-state index is 13.3. The summed E-state index contributed by atoms with van der Waals surface area (Å²) in [4.78, 5) is 0. The highest BCUT2D eigenvalue weighted by Crippen LogP contribution is 2.17. The summed E-state index contributed by atoms with van der Waals surface area (Å²) in [5, 5.41) is 12.6. The Bertz CT molecular complexity index is 474. The minimum atomic E-state index is -0.422. The Morgan fingerprint density at radius 1 is 1.38 bits per heavy atom. The molecule has 0 saturated heterocycles. The Balaban J connectivity index is 2.26. The van der Waals surface area contributed by atoms with Crippen LogP contribution in [0.3, 0.4) is 0 Å². The van der Waals surface area contributed by atoms with E-state index in [2.05, 4.69) is 5.10 Å².